The van der Waals surface area contributed by atoms with Crippen LogP contribution in [-0.2, 0) is 4.79 Å². The molecule has 0 saturated carbocycles. The van der Waals surface area contributed by atoms with Gasteiger partial charge in [-0.1, -0.05) is 0 Å². The minimum absolute atomic E-state index is 0.230. The molecule has 0 aromatic heterocycles. The predicted molar refractivity (Wildman–Crippen MR) is 34.2 cm³/mol. The van der Waals surface area contributed by atoms with Crippen LogP contribution in [0.5, 0.6) is 0 Å². The Morgan fingerprint density at radius 3 is 1.88 bits per heavy atom. The number of hydrogen-bond acceptors (Lipinski definition) is 2. The number of carbonyl (C=O) groups is 1. The summed E-state index contributed by atoms with van der Waals surface area (Å²) in [6.07, 6.45) is 0. The van der Waals surface area contributed by atoms with Gasteiger partial charge in [-0.3, -0.25) is 4.79 Å². The van der Waals surface area contributed by atoms with Crippen molar-refractivity contribution in [2.75, 3.05) is 6.54 Å². The molecule has 0 aliphatic carbocycles. The Morgan fingerprint density at radius 1 is 1.75 bits per heavy atom. The van der Waals surface area contributed by atoms with E-state index in [1.807, 2.05) is 0 Å². The fourth-order valence-corrected chi connectivity index (χ4v) is 0. The van der Waals surface area contributed by atoms with Crippen molar-refractivity contribution in [3.63, 3.8) is 0 Å². The maximum absolute atomic E-state index is 9.24. The average molecular weight is 224 g/mol. The fraction of sp³-hybridized carbons (Fsp3) is 0.750. The van der Waals surface area contributed by atoms with Crippen molar-refractivity contribution in [1.29, 1.82) is 0 Å². The van der Waals surface area contributed by atoms with Crippen molar-refractivity contribution < 1.29 is 9.90 Å². The van der Waals surface area contributed by atoms with Crippen molar-refractivity contribution in [3.05, 3.63) is 0 Å². The molecule has 3 nitrogen and oxygen atoms in total. The monoisotopic (exact) mass is 225 g/mol. The van der Waals surface area contributed by atoms with Crippen LogP contribution in [0.2, 0.25) is 9.88 Å². The molecule has 0 fully saturated rings. The molecule has 0 unspecified atom stereocenters. The quantitative estimate of drug-likeness (QED) is 0.607. The van der Waals surface area contributed by atoms with Crippen LogP contribution >= 0.6 is 0 Å². The molecular weight excluding hydrogens is 213 g/mol. The molecule has 0 heterocycles. The third kappa shape index (κ3) is 34.3. The van der Waals surface area contributed by atoms with Crippen molar-refractivity contribution in [2.45, 2.75) is 9.88 Å². The summed E-state index contributed by atoms with van der Waals surface area (Å²) in [5.41, 5.74) is 4.57. The second-order valence-electron chi connectivity index (χ2n) is 1.10. The van der Waals surface area contributed by atoms with Gasteiger partial charge < -0.3 is 10.8 Å². The Hall–Kier alpha value is 0.229. The molecule has 4 heteroatoms. The molecule has 0 aromatic rings. The zero-order valence-electron chi connectivity index (χ0n) is 5.14. The SMILES string of the molecule is NCC(=O)O.[CH3][Sn][CH3]. The van der Waals surface area contributed by atoms with E-state index in [1.165, 1.54) is 0 Å². The van der Waals surface area contributed by atoms with Gasteiger partial charge in [0.1, 0.15) is 0 Å². The van der Waals surface area contributed by atoms with Gasteiger partial charge in [-0.2, -0.15) is 0 Å². The molecule has 0 amide bonds. The van der Waals surface area contributed by atoms with Crippen LogP contribution < -0.4 is 5.73 Å². The molecule has 0 aromatic carbocycles. The first-order chi connectivity index (χ1) is 3.68. The molecule has 8 heavy (non-hydrogen) atoms. The van der Waals surface area contributed by atoms with Gasteiger partial charge in [0, 0.05) is 0 Å². The van der Waals surface area contributed by atoms with Crippen molar-refractivity contribution in [3.8, 4) is 0 Å². The predicted octanol–water partition coefficient (Wildman–Crippen LogP) is -0.183. The second-order valence-corrected chi connectivity index (χ2v) is 3.95. The fourth-order valence-electron chi connectivity index (χ4n) is 0. The van der Waals surface area contributed by atoms with E-state index in [0.29, 0.717) is 0 Å². The van der Waals surface area contributed by atoms with Gasteiger partial charge >= 0.3 is 37.0 Å². The molecule has 3 N–H and O–H groups in total. The molecular formula is C4H11NO2Sn. The minimum atomic E-state index is -0.968. The first-order valence-corrected chi connectivity index (χ1v) is 7.90. The molecule has 0 atom stereocenters. The van der Waals surface area contributed by atoms with Gasteiger partial charge in [0.2, 0.25) is 0 Å². The van der Waals surface area contributed by atoms with Gasteiger partial charge in [0.15, 0.2) is 0 Å². The normalized spacial score (nSPS) is 6.88. The van der Waals surface area contributed by atoms with Crippen LogP contribution in [0.1, 0.15) is 0 Å². The number of nitrogens with two attached hydrogens (primary N) is 1. The number of rotatable bonds is 1. The van der Waals surface area contributed by atoms with Crippen LogP contribution in [0.4, 0.5) is 0 Å². The van der Waals surface area contributed by atoms with Gasteiger partial charge in [0.05, 0.1) is 6.54 Å². The van der Waals surface area contributed by atoms with Crippen molar-refractivity contribution in [2.24, 2.45) is 5.73 Å². The Morgan fingerprint density at radius 2 is 1.88 bits per heavy atom. The van der Waals surface area contributed by atoms with E-state index in [4.69, 9.17) is 5.11 Å². The van der Waals surface area contributed by atoms with Crippen molar-refractivity contribution >= 4 is 27.1 Å². The first kappa shape index (κ1) is 11.1. The summed E-state index contributed by atoms with van der Waals surface area (Å²) < 4.78 is 0. The summed E-state index contributed by atoms with van der Waals surface area (Å²) in [5, 5.41) is 7.60. The molecule has 0 rings (SSSR count). The van der Waals surface area contributed by atoms with Crippen molar-refractivity contribution in [1.82, 2.24) is 0 Å². The summed E-state index contributed by atoms with van der Waals surface area (Å²) in [4.78, 5) is 13.8. The standard InChI is InChI=1S/C2H5NO2.2CH3.Sn/c3-1-2(4)5;;;/h1,3H2,(H,4,5);2*1H3;. The third-order valence-corrected chi connectivity index (χ3v) is 0.175. The van der Waals surface area contributed by atoms with Gasteiger partial charge in [0.25, 0.3) is 0 Å². The van der Waals surface area contributed by atoms with E-state index >= 15 is 0 Å². The summed E-state index contributed by atoms with van der Waals surface area (Å²) >= 11 is 0.230. The molecule has 48 valence electrons. The van der Waals surface area contributed by atoms with E-state index in [1.54, 1.807) is 0 Å². The van der Waals surface area contributed by atoms with E-state index in [0.717, 1.165) is 0 Å². The van der Waals surface area contributed by atoms with E-state index in [9.17, 15) is 4.79 Å². The summed E-state index contributed by atoms with van der Waals surface area (Å²) in [7, 11) is 0. The first-order valence-electron chi connectivity index (χ1n) is 2.19. The van der Waals surface area contributed by atoms with E-state index < -0.39 is 5.97 Å². The summed E-state index contributed by atoms with van der Waals surface area (Å²) in [6.45, 7) is -0.278. The van der Waals surface area contributed by atoms with E-state index in [2.05, 4.69) is 15.6 Å². The maximum atomic E-state index is 9.24. The zero-order chi connectivity index (χ0) is 6.99. The molecule has 0 saturated heterocycles. The number of hydrogen-bond donors (Lipinski definition) is 2. The topological polar surface area (TPSA) is 63.3 Å². The Balaban J connectivity index is 0. The number of aliphatic carboxylic acids is 1. The van der Waals surface area contributed by atoms with Gasteiger partial charge in [-0.15, -0.1) is 0 Å². The molecule has 0 spiro atoms. The average Bonchev–Trinajstić information content (AvgIpc) is 1.69. The van der Waals surface area contributed by atoms with Crippen LogP contribution in [0.3, 0.4) is 0 Å². The van der Waals surface area contributed by atoms with Crippen LogP contribution in [0.25, 0.3) is 0 Å². The van der Waals surface area contributed by atoms with E-state index in [-0.39, 0.29) is 27.7 Å². The van der Waals surface area contributed by atoms with Gasteiger partial charge in [-0.05, 0) is 0 Å². The van der Waals surface area contributed by atoms with Crippen LogP contribution in [0, 0.1) is 0 Å². The van der Waals surface area contributed by atoms with Crippen LogP contribution in [-0.4, -0.2) is 38.8 Å². The van der Waals surface area contributed by atoms with Crippen LogP contribution in [0.15, 0.2) is 0 Å². The molecule has 0 bridgehead atoms. The summed E-state index contributed by atoms with van der Waals surface area (Å²) in [5.74, 6) is -0.968. The summed E-state index contributed by atoms with van der Waals surface area (Å²) in [6, 6.07) is 0. The Kier molecular flexibility index (Phi) is 14.2. The number of carboxylic acids is 1. The van der Waals surface area contributed by atoms with Gasteiger partial charge in [-0.25, -0.2) is 0 Å². The molecule has 0 aliphatic heterocycles. The molecule has 2 radical (unpaired) electrons. The third-order valence-electron chi connectivity index (χ3n) is 0.175. The number of carboxylic acid groups (broad SMARTS) is 1. The zero-order valence-corrected chi connectivity index (χ0v) is 7.99. The second kappa shape index (κ2) is 10.3. The molecule has 0 aliphatic rings. The Bertz CT molecular complexity index is 58.0. The Labute approximate surface area is 59.5 Å².